The molecular formula is C8H10F3NO2S. The molecule has 86 valence electrons. The van der Waals surface area contributed by atoms with Gasteiger partial charge < -0.3 is 10.1 Å². The van der Waals surface area contributed by atoms with Gasteiger partial charge in [0.15, 0.2) is 0 Å². The van der Waals surface area contributed by atoms with Crippen molar-refractivity contribution in [1.29, 1.82) is 0 Å². The van der Waals surface area contributed by atoms with Crippen molar-refractivity contribution in [2.24, 2.45) is 0 Å². The summed E-state index contributed by atoms with van der Waals surface area (Å²) in [4.78, 5) is 10.8. The highest BCUT2D eigenvalue weighted by Crippen LogP contribution is 2.38. The molecule has 7 heteroatoms. The van der Waals surface area contributed by atoms with Crippen LogP contribution < -0.4 is 5.32 Å². The summed E-state index contributed by atoms with van der Waals surface area (Å²) < 4.78 is 41.9. The molecule has 1 aliphatic rings. The van der Waals surface area contributed by atoms with Crippen molar-refractivity contribution < 1.29 is 22.7 Å². The molecule has 3 nitrogen and oxygen atoms in total. The number of halogens is 3. The van der Waals surface area contributed by atoms with E-state index < -0.39 is 28.1 Å². The number of hydrogen-bond donors (Lipinski definition) is 1. The third-order valence-corrected chi connectivity index (χ3v) is 2.69. The Labute approximate surface area is 89.0 Å². The van der Waals surface area contributed by atoms with Gasteiger partial charge in [-0.25, -0.2) is 4.79 Å². The lowest BCUT2D eigenvalue weighted by Gasteiger charge is -2.10. The summed E-state index contributed by atoms with van der Waals surface area (Å²) in [7, 11) is 0. The van der Waals surface area contributed by atoms with Gasteiger partial charge in [-0.3, -0.25) is 0 Å². The van der Waals surface area contributed by atoms with Gasteiger partial charge in [0.1, 0.15) is 10.6 Å². The predicted octanol–water partition coefficient (Wildman–Crippen LogP) is 2.01. The summed E-state index contributed by atoms with van der Waals surface area (Å²) in [5, 5.41) is 1.73. The van der Waals surface area contributed by atoms with E-state index in [1.54, 1.807) is 13.8 Å². The number of nitrogens with one attached hydrogen (secondary N) is 1. The van der Waals surface area contributed by atoms with Crippen LogP contribution in [0, 0.1) is 0 Å². The molecule has 0 radical (unpaired) electrons. The SMILES string of the molecule is CCOC(=O)C1=C(C(F)(F)F)NC(C)S1. The maximum Gasteiger partial charge on any atom is 0.432 e. The van der Waals surface area contributed by atoms with Crippen LogP contribution in [0.15, 0.2) is 10.6 Å². The van der Waals surface area contributed by atoms with Crippen molar-refractivity contribution in [3.05, 3.63) is 10.6 Å². The van der Waals surface area contributed by atoms with Crippen molar-refractivity contribution in [1.82, 2.24) is 5.32 Å². The molecule has 0 aliphatic carbocycles. The second kappa shape index (κ2) is 4.34. The monoisotopic (exact) mass is 241 g/mol. The van der Waals surface area contributed by atoms with Crippen LogP contribution in [0.5, 0.6) is 0 Å². The summed E-state index contributed by atoms with van der Waals surface area (Å²) >= 11 is 0.823. The topological polar surface area (TPSA) is 38.3 Å². The van der Waals surface area contributed by atoms with Crippen molar-refractivity contribution in [2.75, 3.05) is 6.61 Å². The normalized spacial score (nSPS) is 21.5. The number of rotatable bonds is 2. The summed E-state index contributed by atoms with van der Waals surface area (Å²) in [5.41, 5.74) is -1.00. The predicted molar refractivity (Wildman–Crippen MR) is 49.9 cm³/mol. The molecule has 0 aromatic heterocycles. The summed E-state index contributed by atoms with van der Waals surface area (Å²) in [5.74, 6) is -0.924. The van der Waals surface area contributed by atoms with E-state index in [1.165, 1.54) is 0 Å². The minimum absolute atomic E-state index is 0.0579. The van der Waals surface area contributed by atoms with E-state index in [0.29, 0.717) is 0 Å². The van der Waals surface area contributed by atoms with Crippen molar-refractivity contribution in [3.8, 4) is 0 Å². The Morgan fingerprint density at radius 2 is 2.20 bits per heavy atom. The minimum atomic E-state index is -4.54. The Hall–Kier alpha value is -0.850. The van der Waals surface area contributed by atoms with Crippen LogP contribution >= 0.6 is 11.8 Å². The zero-order valence-electron chi connectivity index (χ0n) is 8.14. The molecule has 0 amide bonds. The van der Waals surface area contributed by atoms with Gasteiger partial charge in [0.2, 0.25) is 0 Å². The highest BCUT2D eigenvalue weighted by molar-refractivity contribution is 8.04. The van der Waals surface area contributed by atoms with Gasteiger partial charge in [0, 0.05) is 0 Å². The third-order valence-electron chi connectivity index (χ3n) is 1.61. The van der Waals surface area contributed by atoms with Crippen LogP contribution in [0.3, 0.4) is 0 Å². The van der Waals surface area contributed by atoms with Crippen LogP contribution in [0.25, 0.3) is 0 Å². The molecule has 0 aromatic carbocycles. The maximum atomic E-state index is 12.4. The smallest absolute Gasteiger partial charge is 0.432 e. The Bertz CT molecular complexity index is 301. The largest absolute Gasteiger partial charge is 0.462 e. The fraction of sp³-hybridized carbons (Fsp3) is 0.625. The molecule has 0 aromatic rings. The first-order chi connectivity index (χ1) is 6.86. The standard InChI is InChI=1S/C8H10F3NO2S/c1-3-14-7(13)5-6(8(9,10)11)12-4(2)15-5/h4,12H,3H2,1-2H3. The Morgan fingerprint density at radius 3 is 2.67 bits per heavy atom. The minimum Gasteiger partial charge on any atom is -0.462 e. The zero-order chi connectivity index (χ0) is 11.6. The van der Waals surface area contributed by atoms with Crippen LogP contribution in [-0.4, -0.2) is 24.1 Å². The van der Waals surface area contributed by atoms with Crippen molar-refractivity contribution in [3.63, 3.8) is 0 Å². The molecule has 0 saturated heterocycles. The number of carbonyl (C=O) groups excluding carboxylic acids is 1. The van der Waals surface area contributed by atoms with E-state index in [2.05, 4.69) is 10.1 Å². The Kier molecular flexibility index (Phi) is 3.54. The van der Waals surface area contributed by atoms with E-state index in [-0.39, 0.29) is 6.61 Å². The highest BCUT2D eigenvalue weighted by atomic mass is 32.2. The number of ether oxygens (including phenoxy) is 1. The van der Waals surface area contributed by atoms with Crippen molar-refractivity contribution >= 4 is 17.7 Å². The first-order valence-electron chi connectivity index (χ1n) is 4.28. The van der Waals surface area contributed by atoms with Gasteiger partial charge in [0.05, 0.1) is 12.0 Å². The molecule has 1 N–H and O–H groups in total. The Morgan fingerprint density at radius 1 is 1.60 bits per heavy atom. The lowest BCUT2D eigenvalue weighted by molar-refractivity contribution is -0.138. The molecule has 1 rings (SSSR count). The maximum absolute atomic E-state index is 12.4. The number of carbonyl (C=O) groups is 1. The fourth-order valence-electron chi connectivity index (χ4n) is 1.09. The van der Waals surface area contributed by atoms with Gasteiger partial charge in [-0.2, -0.15) is 13.2 Å². The molecule has 0 spiro atoms. The lowest BCUT2D eigenvalue weighted by atomic mass is 10.3. The van der Waals surface area contributed by atoms with E-state index in [4.69, 9.17) is 0 Å². The van der Waals surface area contributed by atoms with Gasteiger partial charge in [0.25, 0.3) is 0 Å². The summed E-state index contributed by atoms with van der Waals surface area (Å²) in [6, 6.07) is 0. The van der Waals surface area contributed by atoms with Crippen LogP contribution in [-0.2, 0) is 9.53 Å². The lowest BCUT2D eigenvalue weighted by Crippen LogP contribution is -2.27. The van der Waals surface area contributed by atoms with E-state index in [1.807, 2.05) is 0 Å². The second-order valence-electron chi connectivity index (χ2n) is 2.83. The number of esters is 1. The zero-order valence-corrected chi connectivity index (χ0v) is 8.96. The van der Waals surface area contributed by atoms with Gasteiger partial charge in [-0.15, -0.1) is 0 Å². The quantitative estimate of drug-likeness (QED) is 0.750. The molecule has 1 atom stereocenters. The van der Waals surface area contributed by atoms with Crippen LogP contribution in [0.4, 0.5) is 13.2 Å². The van der Waals surface area contributed by atoms with E-state index in [9.17, 15) is 18.0 Å². The third kappa shape index (κ3) is 2.80. The number of alkyl halides is 3. The number of hydrogen-bond acceptors (Lipinski definition) is 4. The first kappa shape index (κ1) is 12.2. The average Bonchev–Trinajstić information content (AvgIpc) is 2.47. The van der Waals surface area contributed by atoms with Gasteiger partial charge >= 0.3 is 12.1 Å². The highest BCUT2D eigenvalue weighted by Gasteiger charge is 2.43. The van der Waals surface area contributed by atoms with Crippen molar-refractivity contribution in [2.45, 2.75) is 25.4 Å². The molecule has 0 saturated carbocycles. The summed E-state index contributed by atoms with van der Waals surface area (Å²) in [6.07, 6.45) is -4.54. The number of thioether (sulfide) groups is 1. The molecule has 1 unspecified atom stereocenters. The number of allylic oxidation sites excluding steroid dienone is 1. The van der Waals surface area contributed by atoms with E-state index >= 15 is 0 Å². The molecule has 1 heterocycles. The molecule has 0 fully saturated rings. The van der Waals surface area contributed by atoms with Gasteiger partial charge in [-0.1, -0.05) is 11.8 Å². The fourth-order valence-corrected chi connectivity index (χ4v) is 2.07. The van der Waals surface area contributed by atoms with Crippen LogP contribution in [0.2, 0.25) is 0 Å². The molecule has 1 aliphatic heterocycles. The van der Waals surface area contributed by atoms with Crippen LogP contribution in [0.1, 0.15) is 13.8 Å². The first-order valence-corrected chi connectivity index (χ1v) is 5.16. The second-order valence-corrected chi connectivity index (χ2v) is 4.18. The van der Waals surface area contributed by atoms with Gasteiger partial charge in [-0.05, 0) is 13.8 Å². The average molecular weight is 241 g/mol. The Balaban J connectivity index is 2.94. The molecule has 15 heavy (non-hydrogen) atoms. The van der Waals surface area contributed by atoms with E-state index in [0.717, 1.165) is 11.8 Å². The summed E-state index contributed by atoms with van der Waals surface area (Å²) in [6.45, 7) is 3.15. The molecular weight excluding hydrogens is 231 g/mol. The molecule has 0 bridgehead atoms.